The summed E-state index contributed by atoms with van der Waals surface area (Å²) >= 11 is 4.91. The van der Waals surface area contributed by atoms with Gasteiger partial charge in [0.25, 0.3) is 0 Å². The number of para-hydroxylation sites is 1. The van der Waals surface area contributed by atoms with E-state index in [1.807, 2.05) is 19.9 Å². The minimum Gasteiger partial charge on any atom is -0.506 e. The van der Waals surface area contributed by atoms with Gasteiger partial charge in [0.15, 0.2) is 0 Å². The number of benzene rings is 1. The van der Waals surface area contributed by atoms with Crippen LogP contribution in [-0.4, -0.2) is 10.1 Å². The lowest BCUT2D eigenvalue weighted by Crippen LogP contribution is -2.16. The van der Waals surface area contributed by atoms with E-state index in [0.29, 0.717) is 17.4 Å². The van der Waals surface area contributed by atoms with Crippen molar-refractivity contribution in [1.29, 1.82) is 5.26 Å². The third kappa shape index (κ3) is 3.25. The lowest BCUT2D eigenvalue weighted by molar-refractivity contribution is 0.464. The maximum Gasteiger partial charge on any atom is 0.347 e. The van der Waals surface area contributed by atoms with Gasteiger partial charge in [-0.2, -0.15) is 5.26 Å². The number of hydrogen-bond donors (Lipinski definition) is 2. The fourth-order valence-corrected chi connectivity index (χ4v) is 2.58. The summed E-state index contributed by atoms with van der Waals surface area (Å²) in [4.78, 5) is 12.2. The summed E-state index contributed by atoms with van der Waals surface area (Å²) < 4.78 is 5.27. The number of allylic oxidation sites excluding steroid dienone is 1. The highest BCUT2D eigenvalue weighted by Gasteiger charge is 2.22. The summed E-state index contributed by atoms with van der Waals surface area (Å²) in [6.07, 6.45) is 0.358. The number of nitrogens with zero attached hydrogens (tertiary/aromatic N) is 1. The zero-order valence-corrected chi connectivity index (χ0v) is 13.6. The van der Waals surface area contributed by atoms with E-state index in [1.165, 1.54) is 0 Å². The van der Waals surface area contributed by atoms with E-state index in [1.54, 1.807) is 24.3 Å². The Morgan fingerprint density at radius 1 is 1.43 bits per heavy atom. The molecule has 0 aliphatic carbocycles. The van der Waals surface area contributed by atoms with Crippen LogP contribution >= 0.6 is 12.2 Å². The Balaban J connectivity index is 2.89. The third-order valence-electron chi connectivity index (χ3n) is 3.36. The molecule has 0 amide bonds. The average molecular weight is 328 g/mol. The number of nitrogens with two attached hydrogens (primary N) is 1. The molecule has 0 saturated carbocycles. The highest BCUT2D eigenvalue weighted by atomic mass is 32.1. The highest BCUT2D eigenvalue weighted by molar-refractivity contribution is 7.80. The van der Waals surface area contributed by atoms with Crippen molar-refractivity contribution in [2.24, 2.45) is 11.7 Å². The van der Waals surface area contributed by atoms with E-state index in [2.05, 4.69) is 0 Å². The van der Waals surface area contributed by atoms with Gasteiger partial charge in [-0.05, 0) is 30.0 Å². The van der Waals surface area contributed by atoms with Crippen molar-refractivity contribution in [3.8, 4) is 11.8 Å². The van der Waals surface area contributed by atoms with E-state index in [-0.39, 0.29) is 33.4 Å². The first-order valence-corrected chi connectivity index (χ1v) is 7.45. The molecule has 23 heavy (non-hydrogen) atoms. The monoisotopic (exact) mass is 328 g/mol. The molecular weight excluding hydrogens is 312 g/mol. The van der Waals surface area contributed by atoms with Crippen LogP contribution in [0.25, 0.3) is 16.5 Å². The molecule has 1 aromatic heterocycles. The van der Waals surface area contributed by atoms with Crippen molar-refractivity contribution < 1.29 is 9.52 Å². The van der Waals surface area contributed by atoms with Gasteiger partial charge in [0.05, 0.1) is 11.0 Å². The first-order valence-electron chi connectivity index (χ1n) is 7.05. The van der Waals surface area contributed by atoms with Crippen molar-refractivity contribution in [1.82, 2.24) is 0 Å². The van der Waals surface area contributed by atoms with Gasteiger partial charge in [0.1, 0.15) is 28.0 Å². The molecule has 2 aromatic rings. The number of rotatable bonds is 4. The Hall–Kier alpha value is -2.65. The summed E-state index contributed by atoms with van der Waals surface area (Å²) in [5.74, 6) is -0.107. The summed E-state index contributed by atoms with van der Waals surface area (Å²) in [6.45, 7) is 3.85. The lowest BCUT2D eigenvalue weighted by Gasteiger charge is -2.14. The van der Waals surface area contributed by atoms with Crippen LogP contribution in [0.5, 0.6) is 5.75 Å². The van der Waals surface area contributed by atoms with Gasteiger partial charge in [-0.15, -0.1) is 0 Å². The van der Waals surface area contributed by atoms with Crippen molar-refractivity contribution in [2.75, 3.05) is 0 Å². The molecule has 0 fully saturated rings. The van der Waals surface area contributed by atoms with Gasteiger partial charge in [-0.25, -0.2) is 4.79 Å². The Bertz CT molecular complexity index is 904. The minimum absolute atomic E-state index is 0.0200. The van der Waals surface area contributed by atoms with Crippen LogP contribution in [0.2, 0.25) is 0 Å². The molecule has 0 unspecified atom stereocenters. The molecule has 0 spiro atoms. The fraction of sp³-hybridized carbons (Fsp3) is 0.235. The largest absolute Gasteiger partial charge is 0.506 e. The molecule has 0 aliphatic rings. The quantitative estimate of drug-likeness (QED) is 0.387. The van der Waals surface area contributed by atoms with Crippen molar-refractivity contribution in [2.45, 2.75) is 20.3 Å². The van der Waals surface area contributed by atoms with E-state index in [9.17, 15) is 15.2 Å². The van der Waals surface area contributed by atoms with Gasteiger partial charge >= 0.3 is 5.63 Å². The van der Waals surface area contributed by atoms with Crippen LogP contribution < -0.4 is 11.4 Å². The summed E-state index contributed by atoms with van der Waals surface area (Å²) in [5.41, 5.74) is 5.44. The maximum absolute atomic E-state index is 12.4. The second-order valence-corrected chi connectivity index (χ2v) is 5.98. The molecule has 0 aliphatic heterocycles. The second kappa shape index (κ2) is 6.63. The zero-order chi connectivity index (χ0) is 17.1. The second-order valence-electron chi connectivity index (χ2n) is 5.54. The summed E-state index contributed by atoms with van der Waals surface area (Å²) in [6, 6.07) is 8.57. The molecule has 0 atom stereocenters. The molecule has 0 radical (unpaired) electrons. The van der Waals surface area contributed by atoms with E-state index < -0.39 is 5.63 Å². The SMILES string of the molecule is CC(C)CC(=C(C#N)C(N)=S)c1c(O)c2ccccc2oc1=O. The van der Waals surface area contributed by atoms with Gasteiger partial charge in [-0.1, -0.05) is 38.2 Å². The normalized spacial score (nSPS) is 12.1. The van der Waals surface area contributed by atoms with Crippen LogP contribution in [0, 0.1) is 17.2 Å². The van der Waals surface area contributed by atoms with Crippen LogP contribution in [0.1, 0.15) is 25.8 Å². The van der Waals surface area contributed by atoms with Gasteiger partial charge in [0, 0.05) is 0 Å². The van der Waals surface area contributed by atoms with Crippen LogP contribution in [0.4, 0.5) is 0 Å². The zero-order valence-electron chi connectivity index (χ0n) is 12.8. The number of fused-ring (bicyclic) bond motifs is 1. The van der Waals surface area contributed by atoms with Gasteiger partial charge < -0.3 is 15.3 Å². The van der Waals surface area contributed by atoms with Crippen molar-refractivity contribution >= 4 is 33.7 Å². The summed E-state index contributed by atoms with van der Waals surface area (Å²) in [5, 5.41) is 20.3. The van der Waals surface area contributed by atoms with Crippen LogP contribution in [0.15, 0.2) is 39.1 Å². The van der Waals surface area contributed by atoms with Crippen molar-refractivity contribution in [3.63, 3.8) is 0 Å². The number of thiocarbonyl (C=S) groups is 1. The highest BCUT2D eigenvalue weighted by Crippen LogP contribution is 2.34. The molecule has 0 bridgehead atoms. The van der Waals surface area contributed by atoms with Gasteiger partial charge in [-0.3, -0.25) is 0 Å². The molecule has 5 nitrogen and oxygen atoms in total. The Morgan fingerprint density at radius 3 is 2.65 bits per heavy atom. The molecule has 0 saturated heterocycles. The minimum atomic E-state index is -0.721. The Kier molecular flexibility index (Phi) is 4.82. The number of nitriles is 1. The average Bonchev–Trinajstić information content (AvgIpc) is 2.46. The topological polar surface area (TPSA) is 100 Å². The lowest BCUT2D eigenvalue weighted by atomic mass is 9.92. The third-order valence-corrected chi connectivity index (χ3v) is 3.56. The predicted octanol–water partition coefficient (Wildman–Crippen LogP) is 3.11. The molecule has 1 aromatic carbocycles. The molecule has 3 N–H and O–H groups in total. The standard InChI is InChI=1S/C17H16N2O3S/c1-9(2)7-11(12(8-18)16(19)23)14-15(20)10-5-3-4-6-13(10)22-17(14)21/h3-6,9,20H,7H2,1-2H3,(H2,19,23). The fourth-order valence-electron chi connectivity index (χ4n) is 2.41. The Labute approximate surface area is 138 Å². The first-order chi connectivity index (χ1) is 10.9. The van der Waals surface area contributed by atoms with E-state index in [0.717, 1.165) is 0 Å². The molecule has 6 heteroatoms. The van der Waals surface area contributed by atoms with Crippen LogP contribution in [0.3, 0.4) is 0 Å². The van der Waals surface area contributed by atoms with E-state index in [4.69, 9.17) is 22.4 Å². The molecular formula is C17H16N2O3S. The van der Waals surface area contributed by atoms with Crippen molar-refractivity contribution in [3.05, 3.63) is 45.8 Å². The van der Waals surface area contributed by atoms with Crippen LogP contribution in [-0.2, 0) is 0 Å². The number of aromatic hydroxyl groups is 1. The molecule has 118 valence electrons. The molecule has 1 heterocycles. The summed E-state index contributed by atoms with van der Waals surface area (Å²) in [7, 11) is 0. The smallest absolute Gasteiger partial charge is 0.347 e. The Morgan fingerprint density at radius 2 is 2.09 bits per heavy atom. The molecule has 2 rings (SSSR count). The van der Waals surface area contributed by atoms with E-state index >= 15 is 0 Å². The first kappa shape index (κ1) is 16.7. The predicted molar refractivity (Wildman–Crippen MR) is 92.9 cm³/mol. The number of hydrogen-bond acceptors (Lipinski definition) is 5. The maximum atomic E-state index is 12.4. The van der Waals surface area contributed by atoms with Gasteiger partial charge in [0.2, 0.25) is 0 Å².